The van der Waals surface area contributed by atoms with Crippen LogP contribution in [0.3, 0.4) is 0 Å². The molecule has 0 aliphatic carbocycles. The van der Waals surface area contributed by atoms with E-state index in [1.54, 1.807) is 6.07 Å². The quantitative estimate of drug-likeness (QED) is 0.810. The van der Waals surface area contributed by atoms with Gasteiger partial charge in [0.15, 0.2) is 5.82 Å². The van der Waals surface area contributed by atoms with Crippen LogP contribution in [0.25, 0.3) is 0 Å². The van der Waals surface area contributed by atoms with Crippen LogP contribution in [0.2, 0.25) is 15.2 Å². The molecule has 0 atom stereocenters. The number of benzene rings is 1. The van der Waals surface area contributed by atoms with Crippen LogP contribution in [0, 0.1) is 17.1 Å². The smallest absolute Gasteiger partial charge is 0.151 e. The Morgan fingerprint density at radius 1 is 1.21 bits per heavy atom. The third-order valence-corrected chi connectivity index (χ3v) is 3.23. The van der Waals surface area contributed by atoms with E-state index in [0.717, 1.165) is 0 Å². The van der Waals surface area contributed by atoms with Gasteiger partial charge >= 0.3 is 0 Å². The number of anilines is 2. The van der Waals surface area contributed by atoms with E-state index in [1.165, 1.54) is 24.3 Å². The third-order valence-electron chi connectivity index (χ3n) is 2.27. The number of nitrogens with one attached hydrogen (secondary N) is 1. The molecule has 7 heteroatoms. The molecular formula is C12H5Cl3FN3. The summed E-state index contributed by atoms with van der Waals surface area (Å²) in [7, 11) is 0. The molecule has 1 N–H and O–H groups in total. The summed E-state index contributed by atoms with van der Waals surface area (Å²) in [5, 5.41) is 12.1. The number of rotatable bonds is 2. The first-order valence-corrected chi connectivity index (χ1v) is 6.13. The number of aromatic nitrogens is 1. The van der Waals surface area contributed by atoms with Gasteiger partial charge < -0.3 is 5.32 Å². The zero-order valence-corrected chi connectivity index (χ0v) is 11.5. The Bertz CT molecular complexity index is 683. The summed E-state index contributed by atoms with van der Waals surface area (Å²) in [5.41, 5.74) is 0.113. The highest BCUT2D eigenvalue weighted by atomic mass is 35.5. The van der Waals surface area contributed by atoms with Crippen LogP contribution in [0.15, 0.2) is 24.3 Å². The Labute approximate surface area is 123 Å². The van der Waals surface area contributed by atoms with Crippen molar-refractivity contribution in [2.45, 2.75) is 0 Å². The third kappa shape index (κ3) is 2.90. The Morgan fingerprint density at radius 2 is 1.95 bits per heavy atom. The van der Waals surface area contributed by atoms with E-state index in [9.17, 15) is 4.39 Å². The fraction of sp³-hybridized carbons (Fsp3) is 0. The lowest BCUT2D eigenvalue weighted by molar-refractivity contribution is 0.624. The maximum atomic E-state index is 13.4. The Hall–Kier alpha value is -1.54. The molecule has 0 unspecified atom stereocenters. The summed E-state index contributed by atoms with van der Waals surface area (Å²) >= 11 is 17.5. The zero-order valence-electron chi connectivity index (χ0n) is 9.22. The van der Waals surface area contributed by atoms with Crippen molar-refractivity contribution in [1.82, 2.24) is 4.98 Å². The lowest BCUT2D eigenvalue weighted by Gasteiger charge is -2.10. The molecule has 0 spiro atoms. The molecule has 1 aromatic carbocycles. The summed E-state index contributed by atoms with van der Waals surface area (Å²) in [6.07, 6.45) is 0. The van der Waals surface area contributed by atoms with Crippen molar-refractivity contribution in [3.63, 3.8) is 0 Å². The highest BCUT2D eigenvalue weighted by Gasteiger charge is 2.12. The Morgan fingerprint density at radius 3 is 2.63 bits per heavy atom. The first-order valence-electron chi connectivity index (χ1n) is 5.00. The maximum Gasteiger partial charge on any atom is 0.151 e. The molecule has 1 heterocycles. The number of pyridine rings is 1. The van der Waals surface area contributed by atoms with Crippen molar-refractivity contribution in [1.29, 1.82) is 5.26 Å². The van der Waals surface area contributed by atoms with E-state index < -0.39 is 5.82 Å². The highest BCUT2D eigenvalue weighted by Crippen LogP contribution is 2.31. The number of hydrogen-bond acceptors (Lipinski definition) is 3. The van der Waals surface area contributed by atoms with Crippen molar-refractivity contribution >= 4 is 46.3 Å². The molecular weight excluding hydrogens is 312 g/mol. The molecule has 0 aliphatic rings. The Kier molecular flexibility index (Phi) is 4.11. The van der Waals surface area contributed by atoms with Crippen LogP contribution < -0.4 is 5.32 Å². The van der Waals surface area contributed by atoms with Crippen molar-refractivity contribution in [3.05, 3.63) is 50.8 Å². The fourth-order valence-electron chi connectivity index (χ4n) is 1.40. The molecule has 0 bridgehead atoms. The molecule has 3 nitrogen and oxygen atoms in total. The highest BCUT2D eigenvalue weighted by molar-refractivity contribution is 6.43. The largest absolute Gasteiger partial charge is 0.338 e. The molecule has 2 aromatic rings. The van der Waals surface area contributed by atoms with Crippen LogP contribution in [-0.2, 0) is 0 Å². The van der Waals surface area contributed by atoms with Gasteiger partial charge in [0, 0.05) is 0 Å². The summed E-state index contributed by atoms with van der Waals surface area (Å²) in [4.78, 5) is 3.93. The monoisotopic (exact) mass is 315 g/mol. The zero-order chi connectivity index (χ0) is 14.0. The molecule has 0 saturated carbocycles. The fourth-order valence-corrected chi connectivity index (χ4v) is 1.95. The molecule has 0 amide bonds. The average Bonchev–Trinajstić information content (AvgIpc) is 2.36. The van der Waals surface area contributed by atoms with E-state index in [-0.39, 0.29) is 32.3 Å². The van der Waals surface area contributed by atoms with Gasteiger partial charge in [0.1, 0.15) is 22.6 Å². The van der Waals surface area contributed by atoms with Gasteiger partial charge in [-0.3, -0.25) is 0 Å². The molecule has 19 heavy (non-hydrogen) atoms. The molecule has 2 rings (SSSR count). The Balaban J connectivity index is 2.45. The van der Waals surface area contributed by atoms with Gasteiger partial charge in [-0.25, -0.2) is 9.37 Å². The summed E-state index contributed by atoms with van der Waals surface area (Å²) in [5.74, 6) is -0.443. The van der Waals surface area contributed by atoms with Crippen LogP contribution in [0.5, 0.6) is 0 Å². The number of nitriles is 1. The number of nitrogens with zero attached hydrogens (tertiary/aromatic N) is 2. The van der Waals surface area contributed by atoms with E-state index in [2.05, 4.69) is 10.3 Å². The average molecular weight is 317 g/mol. The lowest BCUT2D eigenvalue weighted by atomic mass is 10.2. The minimum absolute atomic E-state index is 0.0588. The van der Waals surface area contributed by atoms with Gasteiger partial charge in [-0.15, -0.1) is 0 Å². The number of hydrogen-bond donors (Lipinski definition) is 1. The topological polar surface area (TPSA) is 48.7 Å². The second-order valence-corrected chi connectivity index (χ2v) is 4.66. The van der Waals surface area contributed by atoms with Gasteiger partial charge in [0.2, 0.25) is 0 Å². The van der Waals surface area contributed by atoms with Crippen molar-refractivity contribution < 1.29 is 4.39 Å². The van der Waals surface area contributed by atoms with E-state index in [1.807, 2.05) is 0 Å². The van der Waals surface area contributed by atoms with Crippen LogP contribution >= 0.6 is 34.8 Å². The minimum Gasteiger partial charge on any atom is -0.338 e. The predicted molar refractivity (Wildman–Crippen MR) is 73.7 cm³/mol. The predicted octanol–water partition coefficient (Wildman–Crippen LogP) is 4.80. The summed E-state index contributed by atoms with van der Waals surface area (Å²) < 4.78 is 13.4. The van der Waals surface area contributed by atoms with Gasteiger partial charge in [0.25, 0.3) is 0 Å². The van der Waals surface area contributed by atoms with Crippen molar-refractivity contribution in [3.8, 4) is 6.07 Å². The van der Waals surface area contributed by atoms with E-state index >= 15 is 0 Å². The van der Waals surface area contributed by atoms with E-state index in [0.29, 0.717) is 0 Å². The maximum absolute atomic E-state index is 13.4. The van der Waals surface area contributed by atoms with Crippen LogP contribution in [0.1, 0.15) is 5.56 Å². The first kappa shape index (κ1) is 13.9. The van der Waals surface area contributed by atoms with Gasteiger partial charge in [0.05, 0.1) is 15.7 Å². The van der Waals surface area contributed by atoms with Crippen LogP contribution in [-0.4, -0.2) is 4.98 Å². The summed E-state index contributed by atoms with van der Waals surface area (Å²) in [6, 6.07) is 7.35. The molecule has 0 aliphatic heterocycles. The normalized spacial score (nSPS) is 10.1. The molecule has 0 radical (unpaired) electrons. The lowest BCUT2D eigenvalue weighted by Crippen LogP contribution is -1.99. The van der Waals surface area contributed by atoms with E-state index in [4.69, 9.17) is 40.1 Å². The van der Waals surface area contributed by atoms with Gasteiger partial charge in [-0.2, -0.15) is 5.26 Å². The van der Waals surface area contributed by atoms with Gasteiger partial charge in [-0.05, 0) is 18.2 Å². The molecule has 96 valence electrons. The SMILES string of the molecule is N#Cc1c(F)cccc1Nc1nc(Cl)c(Cl)cc1Cl. The molecule has 1 aromatic heterocycles. The van der Waals surface area contributed by atoms with Gasteiger partial charge in [-0.1, -0.05) is 40.9 Å². The first-order chi connectivity index (χ1) is 9.02. The second-order valence-electron chi connectivity index (χ2n) is 3.49. The minimum atomic E-state index is -0.635. The van der Waals surface area contributed by atoms with Crippen molar-refractivity contribution in [2.75, 3.05) is 5.32 Å². The number of halogens is 4. The van der Waals surface area contributed by atoms with Crippen LogP contribution in [0.4, 0.5) is 15.9 Å². The molecule has 0 saturated heterocycles. The summed E-state index contributed by atoms with van der Waals surface area (Å²) in [6.45, 7) is 0. The van der Waals surface area contributed by atoms with Crippen molar-refractivity contribution in [2.24, 2.45) is 0 Å². The second kappa shape index (κ2) is 5.62. The standard InChI is InChI=1S/C12H5Cl3FN3/c13-7-4-8(14)12(19-11(7)15)18-10-3-1-2-9(16)6(10)5-17/h1-4H,(H,18,19). The molecule has 0 fully saturated rings.